The summed E-state index contributed by atoms with van der Waals surface area (Å²) < 4.78 is 10.7. The molecule has 9 nitrogen and oxygen atoms in total. The van der Waals surface area contributed by atoms with Crippen molar-refractivity contribution in [1.29, 1.82) is 0 Å². The van der Waals surface area contributed by atoms with Gasteiger partial charge in [0.25, 0.3) is 0 Å². The van der Waals surface area contributed by atoms with Crippen LogP contribution in [0.5, 0.6) is 0 Å². The van der Waals surface area contributed by atoms with Crippen molar-refractivity contribution in [2.24, 2.45) is 0 Å². The Morgan fingerprint density at radius 3 is 2.09 bits per heavy atom. The number of nitrogens with one attached hydrogen (secondary N) is 2. The lowest BCUT2D eigenvalue weighted by molar-refractivity contribution is -0.143. The van der Waals surface area contributed by atoms with Gasteiger partial charge in [0, 0.05) is 26.1 Å². The van der Waals surface area contributed by atoms with E-state index in [1.54, 1.807) is 6.92 Å². The molecule has 0 aromatic heterocycles. The van der Waals surface area contributed by atoms with Crippen molar-refractivity contribution in [1.82, 2.24) is 10.6 Å². The maximum absolute atomic E-state index is 12.7. The highest BCUT2D eigenvalue weighted by molar-refractivity contribution is 5.89. The van der Waals surface area contributed by atoms with Crippen molar-refractivity contribution in [2.75, 3.05) is 20.3 Å². The number of carbonyl (C=O) groups is 3. The summed E-state index contributed by atoms with van der Waals surface area (Å²) in [5.74, 6) is -2.18. The average Bonchev–Trinajstić information content (AvgIpc) is 3.14. The Morgan fingerprint density at radius 1 is 1.00 bits per heavy atom. The third kappa shape index (κ3) is 5.50. The summed E-state index contributed by atoms with van der Waals surface area (Å²) >= 11 is 0. The first kappa shape index (κ1) is 24.2. The summed E-state index contributed by atoms with van der Waals surface area (Å²) in [6, 6.07) is 13.4. The molecular weight excluding hydrogens is 428 g/mol. The van der Waals surface area contributed by atoms with E-state index in [0.29, 0.717) is 0 Å². The van der Waals surface area contributed by atoms with Gasteiger partial charge in [0.05, 0.1) is 6.10 Å². The Hall–Kier alpha value is -3.43. The van der Waals surface area contributed by atoms with Gasteiger partial charge in [-0.3, -0.25) is 4.79 Å². The second-order valence-electron chi connectivity index (χ2n) is 7.80. The maximum Gasteiger partial charge on any atom is 0.407 e. The van der Waals surface area contributed by atoms with Crippen LogP contribution >= 0.6 is 0 Å². The lowest BCUT2D eigenvalue weighted by Gasteiger charge is -2.25. The predicted octanol–water partition coefficient (Wildman–Crippen LogP) is 1.88. The number of carboxylic acids is 1. The molecule has 2 aromatic carbocycles. The number of carbonyl (C=O) groups excluding carboxylic acids is 2. The van der Waals surface area contributed by atoms with Crippen LogP contribution in [0.4, 0.5) is 4.79 Å². The normalized spacial score (nSPS) is 15.0. The van der Waals surface area contributed by atoms with Gasteiger partial charge in [-0.1, -0.05) is 48.5 Å². The van der Waals surface area contributed by atoms with E-state index >= 15 is 0 Å². The van der Waals surface area contributed by atoms with Crippen LogP contribution in [-0.4, -0.2) is 66.7 Å². The lowest BCUT2D eigenvalue weighted by Crippen LogP contribution is -2.56. The van der Waals surface area contributed by atoms with E-state index in [-0.39, 0.29) is 18.9 Å². The molecule has 1 aliphatic carbocycles. The monoisotopic (exact) mass is 456 g/mol. The fourth-order valence-corrected chi connectivity index (χ4v) is 3.95. The van der Waals surface area contributed by atoms with Crippen molar-refractivity contribution in [3.05, 3.63) is 59.7 Å². The Kier molecular flexibility index (Phi) is 8.02. The molecule has 0 heterocycles. The lowest BCUT2D eigenvalue weighted by atomic mass is 9.98. The second-order valence-corrected chi connectivity index (χ2v) is 7.80. The first-order chi connectivity index (χ1) is 15.9. The Morgan fingerprint density at radius 2 is 1.58 bits per heavy atom. The van der Waals surface area contributed by atoms with Crippen LogP contribution in [0.1, 0.15) is 30.4 Å². The van der Waals surface area contributed by atoms with Crippen LogP contribution < -0.4 is 10.6 Å². The Balaban J connectivity index is 1.68. The zero-order chi connectivity index (χ0) is 24.0. The van der Waals surface area contributed by atoms with Gasteiger partial charge in [-0.05, 0) is 29.2 Å². The number of ether oxygens (including phenoxy) is 2. The third-order valence-electron chi connectivity index (χ3n) is 5.77. The minimum atomic E-state index is -1.29. The van der Waals surface area contributed by atoms with Crippen molar-refractivity contribution < 1.29 is 34.1 Å². The molecule has 0 bridgehead atoms. The van der Waals surface area contributed by atoms with Crippen LogP contribution in [0.25, 0.3) is 11.1 Å². The molecule has 3 rings (SSSR count). The number of aliphatic hydroxyl groups excluding tert-OH is 1. The highest BCUT2D eigenvalue weighted by Gasteiger charge is 2.32. The van der Waals surface area contributed by atoms with Gasteiger partial charge >= 0.3 is 12.1 Å². The van der Waals surface area contributed by atoms with E-state index in [1.165, 1.54) is 7.11 Å². The summed E-state index contributed by atoms with van der Waals surface area (Å²) in [7, 11) is 1.37. The molecule has 176 valence electrons. The largest absolute Gasteiger partial charge is 0.480 e. The molecule has 2 aromatic rings. The zero-order valence-corrected chi connectivity index (χ0v) is 18.5. The molecule has 0 saturated heterocycles. The van der Waals surface area contributed by atoms with E-state index in [4.69, 9.17) is 14.6 Å². The van der Waals surface area contributed by atoms with Crippen molar-refractivity contribution in [3.63, 3.8) is 0 Å². The molecule has 3 atom stereocenters. The van der Waals surface area contributed by atoms with Gasteiger partial charge in [-0.15, -0.1) is 0 Å². The minimum Gasteiger partial charge on any atom is -0.480 e. The van der Waals surface area contributed by atoms with Crippen molar-refractivity contribution >= 4 is 18.0 Å². The zero-order valence-electron chi connectivity index (χ0n) is 18.5. The number of methoxy groups -OCH3 is 1. The van der Waals surface area contributed by atoms with E-state index in [0.717, 1.165) is 22.3 Å². The molecule has 0 fully saturated rings. The topological polar surface area (TPSA) is 134 Å². The second kappa shape index (κ2) is 10.9. The summed E-state index contributed by atoms with van der Waals surface area (Å²) in [5.41, 5.74) is 4.30. The maximum atomic E-state index is 12.7. The fraction of sp³-hybridized carbons (Fsp3) is 0.375. The number of amides is 2. The quantitative estimate of drug-likeness (QED) is 0.429. The number of aliphatic carboxylic acids is 1. The molecule has 0 spiro atoms. The first-order valence-corrected chi connectivity index (χ1v) is 10.7. The molecular formula is C24H28N2O7. The molecule has 0 radical (unpaired) electrons. The number of fused-ring (bicyclic) bond motifs is 3. The summed E-state index contributed by atoms with van der Waals surface area (Å²) in [6.45, 7) is 1.22. The molecule has 9 heteroatoms. The van der Waals surface area contributed by atoms with Crippen LogP contribution in [0.3, 0.4) is 0 Å². The fourth-order valence-electron chi connectivity index (χ4n) is 3.95. The van der Waals surface area contributed by atoms with E-state index in [9.17, 15) is 19.5 Å². The molecule has 0 saturated carbocycles. The number of benzene rings is 2. The van der Waals surface area contributed by atoms with Crippen LogP contribution in [-0.2, 0) is 19.1 Å². The SMILES string of the molecule is CO[C@H](C)[C@H](NC(=O)OCC1c2ccccc2-c2ccccc21)C(=O)N[C@@H](CCO)C(=O)O. The number of hydrogen-bond donors (Lipinski definition) is 4. The van der Waals surface area contributed by atoms with Gasteiger partial charge in [0.2, 0.25) is 5.91 Å². The predicted molar refractivity (Wildman–Crippen MR) is 120 cm³/mol. The number of hydrogen-bond acceptors (Lipinski definition) is 6. The number of aliphatic hydroxyl groups is 1. The molecule has 2 amide bonds. The Bertz CT molecular complexity index is 964. The third-order valence-corrected chi connectivity index (χ3v) is 5.77. The molecule has 1 aliphatic rings. The minimum absolute atomic E-state index is 0.0673. The molecule has 4 N–H and O–H groups in total. The van der Waals surface area contributed by atoms with E-state index in [1.807, 2.05) is 48.5 Å². The number of rotatable bonds is 10. The first-order valence-electron chi connectivity index (χ1n) is 10.7. The number of alkyl carbamates (subject to hydrolysis) is 1. The molecule has 0 aliphatic heterocycles. The Labute approximate surface area is 191 Å². The molecule has 33 heavy (non-hydrogen) atoms. The summed E-state index contributed by atoms with van der Waals surface area (Å²) in [4.78, 5) is 36.5. The van der Waals surface area contributed by atoms with Crippen LogP contribution in [0.15, 0.2) is 48.5 Å². The highest BCUT2D eigenvalue weighted by Crippen LogP contribution is 2.44. The molecule has 0 unspecified atom stereocenters. The van der Waals surface area contributed by atoms with Crippen molar-refractivity contribution in [3.8, 4) is 11.1 Å². The standard InChI is InChI=1S/C24H28N2O7/c1-14(32-2)21(22(28)25-20(11-12-27)23(29)30)26-24(31)33-13-19-17-9-5-3-7-15(17)16-8-4-6-10-18(16)19/h3-10,14,19-21,27H,11-13H2,1-2H3,(H,25,28)(H,26,31)(H,29,30)/t14-,20+,21+/m1/s1. The smallest absolute Gasteiger partial charge is 0.407 e. The van der Waals surface area contributed by atoms with Crippen LogP contribution in [0.2, 0.25) is 0 Å². The van der Waals surface area contributed by atoms with E-state index in [2.05, 4.69) is 10.6 Å². The summed E-state index contributed by atoms with van der Waals surface area (Å²) in [5, 5.41) is 23.0. The van der Waals surface area contributed by atoms with Crippen LogP contribution in [0, 0.1) is 0 Å². The van der Waals surface area contributed by atoms with Gasteiger partial charge in [-0.25, -0.2) is 9.59 Å². The van der Waals surface area contributed by atoms with Gasteiger partial charge in [0.15, 0.2) is 0 Å². The van der Waals surface area contributed by atoms with Crippen molar-refractivity contribution in [2.45, 2.75) is 37.5 Å². The average molecular weight is 456 g/mol. The number of carboxylic acid groups (broad SMARTS) is 1. The van der Waals surface area contributed by atoms with Gasteiger partial charge in [0.1, 0.15) is 18.7 Å². The van der Waals surface area contributed by atoms with E-state index < -0.39 is 42.8 Å². The highest BCUT2D eigenvalue weighted by atomic mass is 16.5. The van der Waals surface area contributed by atoms with Gasteiger partial charge < -0.3 is 30.3 Å². The summed E-state index contributed by atoms with van der Waals surface area (Å²) in [6.07, 6.45) is -1.75. The van der Waals surface area contributed by atoms with Gasteiger partial charge in [-0.2, -0.15) is 0 Å².